The third-order valence-electron chi connectivity index (χ3n) is 26.1. The van der Waals surface area contributed by atoms with Gasteiger partial charge in [0.1, 0.15) is 11.5 Å². The Labute approximate surface area is 537 Å². The molecule has 20 atom stereocenters. The fourth-order valence-electron chi connectivity index (χ4n) is 22.4. The lowest BCUT2D eigenvalue weighted by Crippen LogP contribution is -2.57. The number of amides is 2. The Morgan fingerprint density at radius 3 is 2.52 bits per heavy atom. The summed E-state index contributed by atoms with van der Waals surface area (Å²) in [4.78, 5) is 68.3. The number of hydrogen-bond acceptors (Lipinski definition) is 15. The van der Waals surface area contributed by atoms with Gasteiger partial charge in [0.25, 0.3) is 11.8 Å². The molecule has 0 radical (unpaired) electrons. The first-order valence-electron chi connectivity index (χ1n) is 34.9. The van der Waals surface area contributed by atoms with Crippen LogP contribution in [-0.4, -0.2) is 104 Å². The van der Waals surface area contributed by atoms with Crippen LogP contribution in [0.4, 0.5) is 0 Å². The first-order chi connectivity index (χ1) is 43.9. The molecule has 1 aromatic rings. The first kappa shape index (κ1) is 59.9. The second kappa shape index (κ2) is 24.0. The quantitative estimate of drug-likeness (QED) is 0.0361. The molecule has 5 aliphatic heterocycles. The summed E-state index contributed by atoms with van der Waals surface area (Å²) >= 11 is 0. The molecule has 1 saturated heterocycles. The molecule has 5 saturated carbocycles. The lowest BCUT2D eigenvalue weighted by molar-refractivity contribution is -0.138. The predicted octanol–water partition coefficient (Wildman–Crippen LogP) is 10.0. The summed E-state index contributed by atoms with van der Waals surface area (Å²) in [5, 5.41) is 46.2. The van der Waals surface area contributed by atoms with E-state index in [1.54, 1.807) is 17.1 Å². The summed E-state index contributed by atoms with van der Waals surface area (Å²) < 4.78 is 13.9. The van der Waals surface area contributed by atoms with E-state index in [9.17, 15) is 24.9 Å². The number of nitrogens with zero attached hydrogens (tertiary/aromatic N) is 2. The minimum atomic E-state index is -1.03. The summed E-state index contributed by atoms with van der Waals surface area (Å²) in [7, 11) is 3.61. The normalized spacial score (nSPS) is 42.0. The summed E-state index contributed by atoms with van der Waals surface area (Å²) in [6.07, 6.45) is 37.0. The largest absolute Gasteiger partial charge is 0.427 e. The fourth-order valence-corrected chi connectivity index (χ4v) is 24.9. The molecule has 17 heteroatoms. The molecule has 15 nitrogen and oxygen atoms in total. The molecule has 1 aromatic heterocycles. The molecule has 11 aliphatic carbocycles. The zero-order chi connectivity index (χ0) is 61.2. The SMILES string of the molecule is CCC1(C2=C3OC(=O)C4=C3[C@@H](CC2)C[C@H]2[C@@H]3CC[C@@]5(C6=C3[C@H](CN3C(=O)C=CC3=O)C3=CCNC(=C3)NCSS[C@H](N[C@@H]3CC[C@@H]7CCC[C@@H](Cc8cnc[nH]8)[C@@H]7[C@H]3O)[C@@H]([C@H]3[C@@H]7C[C@H]8C[C@@H](CO)C[C@H](CO)C#C[C@@H]7C=C[C@@H]3C8)C/C=C/5OC6=O)[C@@H]42)CCCC1. The lowest BCUT2D eigenvalue weighted by Gasteiger charge is -2.58. The van der Waals surface area contributed by atoms with Gasteiger partial charge in [0, 0.05) is 84.6 Å². The maximum Gasteiger partial charge on any atom is 0.340 e. The summed E-state index contributed by atoms with van der Waals surface area (Å²) in [6.45, 7) is 2.90. The number of rotatable bonds is 11. The van der Waals surface area contributed by atoms with Crippen LogP contribution >= 0.6 is 21.6 Å². The van der Waals surface area contributed by atoms with Gasteiger partial charge in [-0.1, -0.05) is 84.3 Å². The van der Waals surface area contributed by atoms with Crippen molar-refractivity contribution in [2.24, 2.45) is 106 Å². The maximum absolute atomic E-state index is 16.0. The molecule has 10 bridgehead atoms. The van der Waals surface area contributed by atoms with E-state index in [1.807, 2.05) is 17.0 Å². The number of aliphatic hydroxyl groups excluding tert-OH is 3. The topological polar surface area (TPSA) is 215 Å². The van der Waals surface area contributed by atoms with Gasteiger partial charge in [-0.05, 0) is 214 Å². The predicted molar refractivity (Wildman–Crippen MR) is 343 cm³/mol. The standard InChI is InChI=1S/C73H90N6O9S2/c1-2-72(22-3-4-23-72)54-15-12-47-31-52-49-20-24-73(65(52)64-62(47)68(54)88-70(64)85)56-17-14-50(61-46-11-10-42-9-8-39(35-80)26-41(36-81)27-40(28-46)29-51(42)61)69(78-55-16-13-43-6-5-7-45(60(43)67(55)84)30-48-33-74-37-76-48)90-89-38-77-57-32-44(21-25-75-57)53(63(49)66(73)71(86)87-56)34-79-58(82)18-19-59(79)83/h10-11,17-19,21,32-33,37,39-43,45-47,49-53,55,60-61,65,67,69,75,77-78,80-81,84H,2-7,12-16,20,22-31,34-36,38H2,1H3,(H,74,76)/b56-17-/t39-,40+,41+,42-,43+,45+,46-,47+,49+,50-,51-,52+,53-,55-,60-,61+,65-,67+,69+,73+/m1/s1. The van der Waals surface area contributed by atoms with Crippen molar-refractivity contribution in [2.45, 2.75) is 159 Å². The fraction of sp³-hybridized carbons (Fsp3) is 0.658. The average molecular weight is 1260 g/mol. The van der Waals surface area contributed by atoms with E-state index >= 15 is 9.59 Å². The van der Waals surface area contributed by atoms with Crippen molar-refractivity contribution in [2.75, 3.05) is 32.2 Å². The average Bonchev–Trinajstić information content (AvgIpc) is 1.38. The number of carbonyl (C=O) groups is 4. The maximum atomic E-state index is 16.0. The lowest BCUT2D eigenvalue weighted by atomic mass is 9.42. The molecule has 16 aliphatic rings. The molecule has 7 N–H and O–H groups in total. The third kappa shape index (κ3) is 9.91. The number of dihydropyridines is 1. The third-order valence-corrected chi connectivity index (χ3v) is 28.6. The van der Waals surface area contributed by atoms with E-state index in [2.05, 4.69) is 75.1 Å². The van der Waals surface area contributed by atoms with E-state index in [0.717, 1.165) is 142 Å². The number of esters is 2. The van der Waals surface area contributed by atoms with Crippen molar-refractivity contribution in [3.8, 4) is 11.8 Å². The van der Waals surface area contributed by atoms with Crippen LogP contribution in [-0.2, 0) is 35.1 Å². The molecule has 6 heterocycles. The summed E-state index contributed by atoms with van der Waals surface area (Å²) in [5.41, 5.74) is 5.79. The molecule has 0 aromatic carbocycles. The number of ether oxygens (including phenoxy) is 2. The number of nitrogens with one attached hydrogen (secondary N) is 4. The van der Waals surface area contributed by atoms with Crippen molar-refractivity contribution in [1.82, 2.24) is 30.8 Å². The number of hydrogen-bond donors (Lipinski definition) is 7. The van der Waals surface area contributed by atoms with Crippen molar-refractivity contribution in [3.63, 3.8) is 0 Å². The van der Waals surface area contributed by atoms with Gasteiger partial charge in [-0.2, -0.15) is 0 Å². The molecular weight excluding hydrogens is 1170 g/mol. The van der Waals surface area contributed by atoms with Crippen LogP contribution in [0.15, 0.2) is 106 Å². The highest BCUT2D eigenvalue weighted by Crippen LogP contribution is 2.73. The highest BCUT2D eigenvalue weighted by atomic mass is 33.1. The van der Waals surface area contributed by atoms with Gasteiger partial charge in [0.05, 0.1) is 47.1 Å². The Morgan fingerprint density at radius 1 is 0.844 bits per heavy atom. The summed E-state index contributed by atoms with van der Waals surface area (Å²) in [5.74, 6) is 9.28. The van der Waals surface area contributed by atoms with Gasteiger partial charge in [-0.15, -0.1) is 0 Å². The van der Waals surface area contributed by atoms with Crippen molar-refractivity contribution in [1.29, 1.82) is 0 Å². The molecule has 90 heavy (non-hydrogen) atoms. The molecule has 17 rings (SSSR count). The second-order valence-electron chi connectivity index (χ2n) is 30.0. The van der Waals surface area contributed by atoms with E-state index in [-0.39, 0.29) is 125 Å². The molecule has 6 fully saturated rings. The summed E-state index contributed by atoms with van der Waals surface area (Å²) in [6, 6.07) is -0.175. The Hall–Kier alpha value is -5.09. The number of imidazole rings is 1. The molecular formula is C73H90N6O9S2. The van der Waals surface area contributed by atoms with Gasteiger partial charge >= 0.3 is 11.9 Å². The Kier molecular flexibility index (Phi) is 16.0. The Bertz CT molecular complexity index is 3400. The number of aromatic nitrogens is 2. The number of imide groups is 1. The van der Waals surface area contributed by atoms with Gasteiger partial charge < -0.3 is 40.4 Å². The van der Waals surface area contributed by atoms with Gasteiger partial charge in [-0.3, -0.25) is 19.8 Å². The second-order valence-corrected chi connectivity index (χ2v) is 32.6. The first-order valence-corrected chi connectivity index (χ1v) is 37.2. The zero-order valence-corrected chi connectivity index (χ0v) is 53.7. The number of H-pyrrole nitrogens is 1. The van der Waals surface area contributed by atoms with Gasteiger partial charge in [0.15, 0.2) is 0 Å². The van der Waals surface area contributed by atoms with Crippen LogP contribution in [0.3, 0.4) is 0 Å². The van der Waals surface area contributed by atoms with Crippen LogP contribution in [0, 0.1) is 117 Å². The highest BCUT2D eigenvalue weighted by molar-refractivity contribution is 8.76. The number of allylic oxidation sites excluding steroid dienone is 7. The van der Waals surface area contributed by atoms with E-state index in [0.29, 0.717) is 60.8 Å². The zero-order valence-electron chi connectivity index (χ0n) is 52.1. The molecule has 1 spiro atoms. The van der Waals surface area contributed by atoms with Gasteiger partial charge in [0.2, 0.25) is 0 Å². The van der Waals surface area contributed by atoms with E-state index in [1.165, 1.54) is 35.5 Å². The van der Waals surface area contributed by atoms with Crippen molar-refractivity contribution in [3.05, 3.63) is 112 Å². The number of aromatic amines is 1. The number of carbonyl (C=O) groups excluding carboxylic acids is 4. The molecule has 478 valence electrons. The van der Waals surface area contributed by atoms with Crippen LogP contribution < -0.4 is 16.0 Å². The van der Waals surface area contributed by atoms with Crippen LogP contribution in [0.2, 0.25) is 0 Å². The smallest absolute Gasteiger partial charge is 0.340 e. The highest BCUT2D eigenvalue weighted by Gasteiger charge is 2.70. The van der Waals surface area contributed by atoms with Crippen molar-refractivity contribution < 1.29 is 44.0 Å². The Balaban J connectivity index is 0.869. The number of aliphatic hydroxyl groups is 3. The van der Waals surface area contributed by atoms with Crippen LogP contribution in [0.25, 0.3) is 0 Å². The van der Waals surface area contributed by atoms with Crippen LogP contribution in [0.5, 0.6) is 0 Å². The molecule has 0 unspecified atom stereocenters. The molecule has 2 amide bonds. The van der Waals surface area contributed by atoms with E-state index in [4.69, 9.17) is 9.47 Å². The van der Waals surface area contributed by atoms with Gasteiger partial charge in [-0.25, -0.2) is 14.6 Å². The van der Waals surface area contributed by atoms with Crippen molar-refractivity contribution >= 4 is 45.3 Å². The van der Waals surface area contributed by atoms with E-state index < -0.39 is 23.4 Å². The minimum absolute atomic E-state index is 0.0111. The monoisotopic (exact) mass is 1260 g/mol. The van der Waals surface area contributed by atoms with Crippen LogP contribution in [0.1, 0.15) is 141 Å². The number of fused-ring (bicyclic) bond motifs is 5. The Morgan fingerprint density at radius 2 is 1.71 bits per heavy atom. The minimum Gasteiger partial charge on any atom is -0.427 e.